The lowest BCUT2D eigenvalue weighted by Gasteiger charge is -2.32. The molecule has 1 atom stereocenters. The summed E-state index contributed by atoms with van der Waals surface area (Å²) in [6, 6.07) is 14.5. The van der Waals surface area contributed by atoms with Gasteiger partial charge in [0.05, 0.1) is 17.7 Å². The number of benzene rings is 2. The minimum absolute atomic E-state index is 0.00413. The Labute approximate surface area is 188 Å². The maximum absolute atomic E-state index is 12.5. The van der Waals surface area contributed by atoms with E-state index in [4.69, 9.17) is 0 Å². The van der Waals surface area contributed by atoms with Gasteiger partial charge in [-0.2, -0.15) is 0 Å². The summed E-state index contributed by atoms with van der Waals surface area (Å²) in [5.41, 5.74) is 3.99. The first kappa shape index (κ1) is 21.5. The van der Waals surface area contributed by atoms with Crippen molar-refractivity contribution in [3.05, 3.63) is 64.1 Å². The summed E-state index contributed by atoms with van der Waals surface area (Å²) in [6.07, 6.45) is 5.33. The number of unbranched alkanes of at least 4 members (excludes halogenated alkanes) is 1. The number of fused-ring (bicyclic) bond motifs is 2. The van der Waals surface area contributed by atoms with Crippen LogP contribution in [0.4, 0.5) is 0 Å². The molecule has 1 aromatic heterocycles. The van der Waals surface area contributed by atoms with Gasteiger partial charge in [0, 0.05) is 23.0 Å². The van der Waals surface area contributed by atoms with Crippen molar-refractivity contribution < 1.29 is 4.79 Å². The number of rotatable bonds is 8. The van der Waals surface area contributed by atoms with Gasteiger partial charge in [-0.05, 0) is 68.5 Å². The monoisotopic (exact) mass is 431 g/mol. The highest BCUT2D eigenvalue weighted by Gasteiger charge is 2.25. The van der Waals surface area contributed by atoms with Crippen molar-refractivity contribution in [3.63, 3.8) is 0 Å². The van der Waals surface area contributed by atoms with Crippen LogP contribution in [-0.4, -0.2) is 41.5 Å². The molecule has 1 amide bonds. The van der Waals surface area contributed by atoms with Crippen LogP contribution in [0, 0.1) is 11.8 Å². The van der Waals surface area contributed by atoms with Crippen LogP contribution >= 0.6 is 11.3 Å². The molecule has 0 bridgehead atoms. The van der Waals surface area contributed by atoms with Crippen molar-refractivity contribution in [1.29, 1.82) is 0 Å². The van der Waals surface area contributed by atoms with E-state index in [1.807, 2.05) is 48.8 Å². The molecule has 1 unspecified atom stereocenters. The third-order valence-corrected chi connectivity index (χ3v) is 6.90. The summed E-state index contributed by atoms with van der Waals surface area (Å²) < 4.78 is 0. The molecule has 5 heteroatoms. The molecule has 0 saturated heterocycles. The van der Waals surface area contributed by atoms with Gasteiger partial charge in [0.1, 0.15) is 0 Å². The van der Waals surface area contributed by atoms with Crippen molar-refractivity contribution >= 4 is 28.0 Å². The fraction of sp³-hybridized carbons (Fsp3) is 0.385. The number of hydrogen-bond donors (Lipinski definition) is 1. The van der Waals surface area contributed by atoms with E-state index in [0.717, 1.165) is 61.5 Å². The number of carbonyl (C=O) groups is 1. The standard InChI is InChI=1S/C26H29N3OS/c1-2-3-15-29(23-12-13-24-25(18-23)31-19-28-24)16-7-6-14-27-26(30)22-11-10-20-8-4-5-9-21(20)17-22/h4-5,8-11,17,19,23H,6-7,12-16,18H2,1H3,(H,27,30). The normalized spacial score (nSPS) is 15.4. The highest BCUT2D eigenvalue weighted by Crippen LogP contribution is 2.26. The van der Waals surface area contributed by atoms with E-state index in [0.29, 0.717) is 12.6 Å². The van der Waals surface area contributed by atoms with Crippen LogP contribution in [0.1, 0.15) is 47.1 Å². The van der Waals surface area contributed by atoms with Crippen LogP contribution in [0.3, 0.4) is 0 Å². The number of nitrogens with one attached hydrogen (secondary N) is 1. The van der Waals surface area contributed by atoms with E-state index in [-0.39, 0.29) is 5.91 Å². The number of thiazole rings is 1. The zero-order valence-electron chi connectivity index (χ0n) is 18.1. The number of aromatic nitrogens is 1. The number of amides is 1. The van der Waals surface area contributed by atoms with E-state index in [9.17, 15) is 4.79 Å². The first-order valence-corrected chi connectivity index (χ1v) is 11.9. The second kappa shape index (κ2) is 10.6. The molecule has 31 heavy (non-hydrogen) atoms. The molecule has 2 aromatic carbocycles. The average molecular weight is 432 g/mol. The Bertz CT molecular complexity index is 1090. The Hall–Kier alpha value is -2.68. The molecular formula is C26H29N3OS. The van der Waals surface area contributed by atoms with Gasteiger partial charge < -0.3 is 5.32 Å². The average Bonchev–Trinajstić information content (AvgIpc) is 3.28. The van der Waals surface area contributed by atoms with Crippen LogP contribution in [0.2, 0.25) is 0 Å². The fourth-order valence-corrected chi connectivity index (χ4v) is 5.13. The van der Waals surface area contributed by atoms with Crippen molar-refractivity contribution in [3.8, 4) is 11.8 Å². The van der Waals surface area contributed by atoms with E-state index >= 15 is 0 Å². The van der Waals surface area contributed by atoms with Gasteiger partial charge in [0.2, 0.25) is 0 Å². The molecule has 0 fully saturated rings. The van der Waals surface area contributed by atoms with Gasteiger partial charge in [-0.3, -0.25) is 9.69 Å². The maximum Gasteiger partial charge on any atom is 0.251 e. The number of carbonyl (C=O) groups excluding carboxylic acids is 1. The predicted octanol–water partition coefficient (Wildman–Crippen LogP) is 4.69. The number of aryl methyl sites for hydroxylation is 1. The highest BCUT2D eigenvalue weighted by atomic mass is 32.1. The summed E-state index contributed by atoms with van der Waals surface area (Å²) in [5, 5.41) is 5.33. The summed E-state index contributed by atoms with van der Waals surface area (Å²) in [5.74, 6) is 6.30. The highest BCUT2D eigenvalue weighted by molar-refractivity contribution is 7.09. The summed E-state index contributed by atoms with van der Waals surface area (Å²) >= 11 is 1.78. The van der Waals surface area contributed by atoms with E-state index in [2.05, 4.69) is 33.1 Å². The quantitative estimate of drug-likeness (QED) is 0.416. The first-order chi connectivity index (χ1) is 15.2. The van der Waals surface area contributed by atoms with Crippen molar-refractivity contribution in [2.45, 2.75) is 45.1 Å². The number of nitrogens with zero attached hydrogens (tertiary/aromatic N) is 2. The third-order valence-electron chi connectivity index (χ3n) is 6.01. The topological polar surface area (TPSA) is 45.2 Å². The molecular weight excluding hydrogens is 402 g/mol. The second-order valence-corrected chi connectivity index (χ2v) is 8.98. The Balaban J connectivity index is 1.24. The van der Waals surface area contributed by atoms with Gasteiger partial charge in [-0.1, -0.05) is 36.3 Å². The van der Waals surface area contributed by atoms with Gasteiger partial charge >= 0.3 is 0 Å². The van der Waals surface area contributed by atoms with Gasteiger partial charge in [-0.15, -0.1) is 17.3 Å². The molecule has 0 radical (unpaired) electrons. The molecule has 1 aliphatic carbocycles. The molecule has 160 valence electrons. The lowest BCUT2D eigenvalue weighted by molar-refractivity contribution is 0.0952. The largest absolute Gasteiger partial charge is 0.352 e. The van der Waals surface area contributed by atoms with Crippen LogP contribution in [0.5, 0.6) is 0 Å². The van der Waals surface area contributed by atoms with Crippen LogP contribution < -0.4 is 5.32 Å². The van der Waals surface area contributed by atoms with Crippen LogP contribution in [0.15, 0.2) is 48.0 Å². The zero-order valence-corrected chi connectivity index (χ0v) is 18.9. The Morgan fingerprint density at radius 2 is 2.10 bits per heavy atom. The van der Waals surface area contributed by atoms with Crippen LogP contribution in [-0.2, 0) is 12.8 Å². The molecule has 0 spiro atoms. The number of hydrogen-bond acceptors (Lipinski definition) is 4. The van der Waals surface area contributed by atoms with Crippen LogP contribution in [0.25, 0.3) is 10.8 Å². The van der Waals surface area contributed by atoms with Crippen molar-refractivity contribution in [2.75, 3.05) is 19.6 Å². The van der Waals surface area contributed by atoms with E-state index in [1.165, 1.54) is 10.6 Å². The molecule has 1 N–H and O–H groups in total. The Morgan fingerprint density at radius 1 is 1.23 bits per heavy atom. The molecule has 0 saturated carbocycles. The van der Waals surface area contributed by atoms with Crippen molar-refractivity contribution in [1.82, 2.24) is 15.2 Å². The molecule has 4 rings (SSSR count). The molecule has 4 nitrogen and oxygen atoms in total. The molecule has 1 heterocycles. The zero-order chi connectivity index (χ0) is 21.5. The first-order valence-electron chi connectivity index (χ1n) is 11.1. The Morgan fingerprint density at radius 3 is 2.97 bits per heavy atom. The van der Waals surface area contributed by atoms with Gasteiger partial charge in [-0.25, -0.2) is 4.98 Å². The minimum atomic E-state index is 0.00413. The van der Waals surface area contributed by atoms with E-state index in [1.54, 1.807) is 11.3 Å². The van der Waals surface area contributed by atoms with E-state index < -0.39 is 0 Å². The molecule has 1 aliphatic rings. The summed E-state index contributed by atoms with van der Waals surface area (Å²) in [6.45, 7) is 4.43. The lowest BCUT2D eigenvalue weighted by Crippen LogP contribution is -2.40. The Kier molecular flexibility index (Phi) is 7.35. The summed E-state index contributed by atoms with van der Waals surface area (Å²) in [4.78, 5) is 21.0. The predicted molar refractivity (Wildman–Crippen MR) is 128 cm³/mol. The fourth-order valence-electron chi connectivity index (χ4n) is 4.24. The SMILES string of the molecule is CC#CCN(CCCCNC(=O)c1ccc2ccccc2c1)C1CCc2ncsc2C1. The van der Waals surface area contributed by atoms with Crippen molar-refractivity contribution in [2.24, 2.45) is 0 Å². The third kappa shape index (κ3) is 5.52. The molecule has 3 aromatic rings. The molecule has 0 aliphatic heterocycles. The van der Waals surface area contributed by atoms with Gasteiger partial charge in [0.15, 0.2) is 0 Å². The second-order valence-electron chi connectivity index (χ2n) is 8.04. The lowest BCUT2D eigenvalue weighted by atomic mass is 9.96. The minimum Gasteiger partial charge on any atom is -0.352 e. The smallest absolute Gasteiger partial charge is 0.251 e. The maximum atomic E-state index is 12.5. The summed E-state index contributed by atoms with van der Waals surface area (Å²) in [7, 11) is 0. The van der Waals surface area contributed by atoms with Gasteiger partial charge in [0.25, 0.3) is 5.91 Å².